The van der Waals surface area contributed by atoms with Gasteiger partial charge in [0, 0.05) is 0 Å². The van der Waals surface area contributed by atoms with Crippen LogP contribution in [-0.4, -0.2) is 121 Å². The second kappa shape index (κ2) is 11.4. The number of hydrogen-bond acceptors (Lipinski definition) is 13. The van der Waals surface area contributed by atoms with E-state index in [4.69, 9.17) is 18.9 Å². The SMILES string of the molecule is CC(=O)c1c(C)cc2cccc(O[C@@H]3O[C@H](CO)[C@@H](O)[C@H](O[C@@H]4O[C@H](CO)[C@@H](O)[C@H](O)[C@H]4O)[C@H]3O)c2c1O. The van der Waals surface area contributed by atoms with E-state index in [0.717, 1.165) is 0 Å². The number of carbonyl (C=O) groups is 1. The van der Waals surface area contributed by atoms with Crippen molar-refractivity contribution in [3.05, 3.63) is 35.4 Å². The number of aliphatic hydroxyl groups excluding tert-OH is 7. The predicted molar refractivity (Wildman–Crippen MR) is 127 cm³/mol. The summed E-state index contributed by atoms with van der Waals surface area (Å²) in [7, 11) is 0. The van der Waals surface area contributed by atoms with E-state index in [9.17, 15) is 45.6 Å². The fraction of sp³-hybridized carbons (Fsp3) is 0.560. The molecule has 4 rings (SSSR count). The third-order valence-electron chi connectivity index (χ3n) is 6.86. The van der Waals surface area contributed by atoms with E-state index in [1.807, 2.05) is 0 Å². The summed E-state index contributed by atoms with van der Waals surface area (Å²) in [5.41, 5.74) is 0.635. The Kier molecular flexibility index (Phi) is 8.54. The van der Waals surface area contributed by atoms with Crippen LogP contribution in [0.1, 0.15) is 22.8 Å². The first-order valence-corrected chi connectivity index (χ1v) is 12.0. The molecular formula is C25H32O13. The zero-order valence-electron chi connectivity index (χ0n) is 20.6. The molecule has 0 radical (unpaired) electrons. The highest BCUT2D eigenvalue weighted by atomic mass is 16.7. The Hall–Kier alpha value is -2.43. The first kappa shape index (κ1) is 28.6. The average molecular weight is 541 g/mol. The van der Waals surface area contributed by atoms with Crippen LogP contribution in [0.25, 0.3) is 10.8 Å². The summed E-state index contributed by atoms with van der Waals surface area (Å²) in [6, 6.07) is 6.44. The normalized spacial score (nSPS) is 35.8. The standard InChI is InChI=1S/C25H32O13/c1-9-6-11-4-3-5-12(16(11)19(31)15(9)10(2)28)35-25-22(34)23(18(30)14(8-27)37-25)38-24-21(33)20(32)17(29)13(7-26)36-24/h3-6,13-14,17-18,20-27,29-34H,7-8H2,1-2H3/t13-,14-,17-,18-,20+,21-,22-,23+,24+,25-/m1/s1. The van der Waals surface area contributed by atoms with Crippen LogP contribution in [-0.2, 0) is 14.2 Å². The molecule has 0 amide bonds. The molecule has 2 aliphatic heterocycles. The van der Waals surface area contributed by atoms with Gasteiger partial charge in [0.1, 0.15) is 60.3 Å². The highest BCUT2D eigenvalue weighted by Gasteiger charge is 2.51. The lowest BCUT2D eigenvalue weighted by molar-refractivity contribution is -0.352. The minimum atomic E-state index is -1.81. The van der Waals surface area contributed by atoms with E-state index in [2.05, 4.69) is 0 Å². The number of ether oxygens (including phenoxy) is 4. The maximum atomic E-state index is 12.1. The van der Waals surface area contributed by atoms with Crippen molar-refractivity contribution in [2.75, 3.05) is 13.2 Å². The van der Waals surface area contributed by atoms with E-state index in [-0.39, 0.29) is 28.2 Å². The zero-order valence-corrected chi connectivity index (χ0v) is 20.6. The molecule has 2 aliphatic rings. The summed E-state index contributed by atoms with van der Waals surface area (Å²) in [4.78, 5) is 12.1. The van der Waals surface area contributed by atoms with Crippen LogP contribution in [0.3, 0.4) is 0 Å². The molecule has 2 aromatic carbocycles. The molecule has 0 aliphatic carbocycles. The zero-order chi connectivity index (χ0) is 27.9. The maximum absolute atomic E-state index is 12.1. The van der Waals surface area contributed by atoms with Gasteiger partial charge in [0.15, 0.2) is 12.1 Å². The number of aryl methyl sites for hydroxylation is 1. The highest BCUT2D eigenvalue weighted by Crippen LogP contribution is 2.39. The van der Waals surface area contributed by atoms with Crippen molar-refractivity contribution in [1.29, 1.82) is 0 Å². The van der Waals surface area contributed by atoms with Crippen molar-refractivity contribution in [2.45, 2.75) is 75.3 Å². The number of carbonyl (C=O) groups excluding carboxylic acids is 1. The summed E-state index contributed by atoms with van der Waals surface area (Å²) in [5, 5.41) is 82.8. The molecule has 13 heteroatoms. The molecule has 210 valence electrons. The number of benzene rings is 2. The van der Waals surface area contributed by atoms with Crippen molar-refractivity contribution < 1.29 is 64.6 Å². The number of rotatable bonds is 7. The molecule has 10 atom stereocenters. The fourth-order valence-electron chi connectivity index (χ4n) is 4.85. The Morgan fingerprint density at radius 2 is 1.53 bits per heavy atom. The molecular weight excluding hydrogens is 508 g/mol. The third kappa shape index (κ3) is 5.10. The second-order valence-electron chi connectivity index (χ2n) is 9.45. The number of Topliss-reactive ketones (excluding diaryl/α,β-unsaturated/α-hetero) is 1. The van der Waals surface area contributed by atoms with Gasteiger partial charge in [-0.1, -0.05) is 18.2 Å². The number of phenolic OH excluding ortho intramolecular Hbond substituents is 1. The smallest absolute Gasteiger partial charge is 0.229 e. The van der Waals surface area contributed by atoms with Gasteiger partial charge in [0.2, 0.25) is 6.29 Å². The number of hydrogen-bond donors (Lipinski definition) is 8. The first-order valence-electron chi connectivity index (χ1n) is 12.0. The largest absolute Gasteiger partial charge is 0.506 e. The Morgan fingerprint density at radius 3 is 2.16 bits per heavy atom. The molecule has 0 aromatic heterocycles. The van der Waals surface area contributed by atoms with Gasteiger partial charge < -0.3 is 59.8 Å². The number of ketones is 1. The lowest BCUT2D eigenvalue weighted by Gasteiger charge is -2.45. The van der Waals surface area contributed by atoms with Gasteiger partial charge >= 0.3 is 0 Å². The Morgan fingerprint density at radius 1 is 0.895 bits per heavy atom. The minimum Gasteiger partial charge on any atom is -0.506 e. The molecule has 2 saturated heterocycles. The molecule has 8 N–H and O–H groups in total. The van der Waals surface area contributed by atoms with Crippen molar-refractivity contribution in [1.82, 2.24) is 0 Å². The molecule has 38 heavy (non-hydrogen) atoms. The summed E-state index contributed by atoms with van der Waals surface area (Å²) >= 11 is 0. The lowest BCUT2D eigenvalue weighted by Crippen LogP contribution is -2.65. The first-order chi connectivity index (χ1) is 18.0. The highest BCUT2D eigenvalue weighted by molar-refractivity contribution is 6.06. The van der Waals surface area contributed by atoms with Crippen LogP contribution in [0.5, 0.6) is 11.5 Å². The summed E-state index contributed by atoms with van der Waals surface area (Å²) in [5.74, 6) is -0.686. The van der Waals surface area contributed by atoms with Crippen LogP contribution in [0.4, 0.5) is 0 Å². The molecule has 0 unspecified atom stereocenters. The molecule has 0 spiro atoms. The van der Waals surface area contributed by atoms with E-state index in [1.165, 1.54) is 13.0 Å². The van der Waals surface area contributed by atoms with Gasteiger partial charge in [-0.25, -0.2) is 0 Å². The Bertz CT molecular complexity index is 1150. The van der Waals surface area contributed by atoms with Crippen molar-refractivity contribution in [3.63, 3.8) is 0 Å². The Balaban J connectivity index is 1.65. The van der Waals surface area contributed by atoms with Gasteiger partial charge in [-0.2, -0.15) is 0 Å². The number of phenols is 1. The third-order valence-corrected chi connectivity index (χ3v) is 6.86. The van der Waals surface area contributed by atoms with E-state index >= 15 is 0 Å². The van der Waals surface area contributed by atoms with Gasteiger partial charge in [0.05, 0.1) is 24.2 Å². The topological polar surface area (TPSA) is 216 Å². The Labute approximate surface area is 217 Å². The quantitative estimate of drug-likeness (QED) is 0.180. The van der Waals surface area contributed by atoms with E-state index in [1.54, 1.807) is 25.1 Å². The van der Waals surface area contributed by atoms with Crippen molar-refractivity contribution in [3.8, 4) is 11.5 Å². The van der Waals surface area contributed by atoms with Crippen LogP contribution >= 0.6 is 0 Å². The van der Waals surface area contributed by atoms with Gasteiger partial charge in [-0.15, -0.1) is 0 Å². The molecule has 0 saturated carbocycles. The maximum Gasteiger partial charge on any atom is 0.229 e. The molecule has 2 aromatic rings. The van der Waals surface area contributed by atoms with Gasteiger partial charge in [0.25, 0.3) is 0 Å². The number of fused-ring (bicyclic) bond motifs is 1. The van der Waals surface area contributed by atoms with Crippen LogP contribution < -0.4 is 4.74 Å². The van der Waals surface area contributed by atoms with Gasteiger partial charge in [-0.05, 0) is 30.9 Å². The average Bonchev–Trinajstić information content (AvgIpc) is 2.87. The molecule has 0 bridgehead atoms. The van der Waals surface area contributed by atoms with Crippen molar-refractivity contribution in [2.24, 2.45) is 0 Å². The van der Waals surface area contributed by atoms with Crippen LogP contribution in [0.15, 0.2) is 24.3 Å². The summed E-state index contributed by atoms with van der Waals surface area (Å²) in [6.45, 7) is 1.53. The molecule has 13 nitrogen and oxygen atoms in total. The van der Waals surface area contributed by atoms with Crippen LogP contribution in [0.2, 0.25) is 0 Å². The lowest BCUT2D eigenvalue weighted by atomic mass is 9.96. The summed E-state index contributed by atoms with van der Waals surface area (Å²) < 4.78 is 22.3. The molecule has 2 heterocycles. The monoisotopic (exact) mass is 540 g/mol. The number of aliphatic hydroxyl groups is 7. The second-order valence-corrected chi connectivity index (χ2v) is 9.45. The van der Waals surface area contributed by atoms with E-state index < -0.39 is 74.6 Å². The fourth-order valence-corrected chi connectivity index (χ4v) is 4.85. The summed E-state index contributed by atoms with van der Waals surface area (Å²) in [6.07, 6.45) is -16.2. The number of aromatic hydroxyl groups is 1. The molecule has 2 fully saturated rings. The van der Waals surface area contributed by atoms with Crippen LogP contribution in [0, 0.1) is 6.92 Å². The van der Waals surface area contributed by atoms with Gasteiger partial charge in [-0.3, -0.25) is 4.79 Å². The minimum absolute atomic E-state index is 0.0196. The predicted octanol–water partition coefficient (Wildman–Crippen LogP) is -1.94. The van der Waals surface area contributed by atoms with Crippen molar-refractivity contribution >= 4 is 16.6 Å². The van der Waals surface area contributed by atoms with E-state index in [0.29, 0.717) is 10.9 Å².